The molecule has 2 aliphatic rings. The van der Waals surface area contributed by atoms with Gasteiger partial charge in [0.2, 0.25) is 5.91 Å². The normalized spacial score (nSPS) is 19.1. The van der Waals surface area contributed by atoms with Gasteiger partial charge in [-0.1, -0.05) is 42.5 Å². The Bertz CT molecular complexity index is 958. The number of piperazine rings is 1. The number of amides is 2. The molecule has 0 aromatic heterocycles. The third-order valence-corrected chi connectivity index (χ3v) is 6.14. The van der Waals surface area contributed by atoms with Crippen LogP contribution in [-0.2, 0) is 17.8 Å². The van der Waals surface area contributed by atoms with Crippen molar-refractivity contribution in [3.8, 4) is 0 Å². The molecule has 0 radical (unpaired) electrons. The molecule has 2 heterocycles. The third kappa shape index (κ3) is 5.46. The molecule has 32 heavy (non-hydrogen) atoms. The lowest BCUT2D eigenvalue weighted by molar-refractivity contribution is -0.123. The van der Waals surface area contributed by atoms with E-state index >= 15 is 0 Å². The highest BCUT2D eigenvalue weighted by atomic mass is 16.2. The number of rotatable bonds is 5. The van der Waals surface area contributed by atoms with Crippen LogP contribution in [-0.4, -0.2) is 67.3 Å². The highest BCUT2D eigenvalue weighted by Crippen LogP contribution is 2.21. The third-order valence-electron chi connectivity index (χ3n) is 6.14. The molecule has 2 fully saturated rings. The van der Waals surface area contributed by atoms with Crippen molar-refractivity contribution in [1.29, 1.82) is 0 Å². The van der Waals surface area contributed by atoms with Crippen molar-refractivity contribution in [1.82, 2.24) is 20.4 Å². The summed E-state index contributed by atoms with van der Waals surface area (Å²) in [6.07, 6.45) is 2.27. The fourth-order valence-corrected chi connectivity index (χ4v) is 4.41. The van der Waals surface area contributed by atoms with Gasteiger partial charge in [-0.3, -0.25) is 14.6 Å². The number of nitrogens with one attached hydrogen (secondary N) is 2. The maximum absolute atomic E-state index is 12.6. The largest absolute Gasteiger partial charge is 0.353 e. The number of guanidine groups is 1. The molecule has 4 rings (SSSR count). The number of hydrogen-bond acceptors (Lipinski definition) is 3. The Kier molecular flexibility index (Phi) is 7.04. The van der Waals surface area contributed by atoms with Crippen molar-refractivity contribution in [2.24, 2.45) is 10.9 Å². The maximum Gasteiger partial charge on any atom is 0.254 e. The van der Waals surface area contributed by atoms with E-state index in [1.807, 2.05) is 31.3 Å². The molecule has 2 amide bonds. The Morgan fingerprint density at radius 3 is 2.56 bits per heavy atom. The van der Waals surface area contributed by atoms with Gasteiger partial charge in [0.15, 0.2) is 5.96 Å². The summed E-state index contributed by atoms with van der Waals surface area (Å²) in [4.78, 5) is 32.5. The number of aliphatic imine (C=N–C) groups is 1. The summed E-state index contributed by atoms with van der Waals surface area (Å²) in [5.41, 5.74) is 3.08. The monoisotopic (exact) mass is 433 g/mol. The van der Waals surface area contributed by atoms with Crippen LogP contribution in [0.25, 0.3) is 0 Å². The molecule has 2 aromatic rings. The van der Waals surface area contributed by atoms with E-state index in [4.69, 9.17) is 0 Å². The van der Waals surface area contributed by atoms with Crippen molar-refractivity contribution in [3.05, 3.63) is 71.3 Å². The minimum Gasteiger partial charge on any atom is -0.353 e. The average Bonchev–Trinajstić information content (AvgIpc) is 3.28. The van der Waals surface area contributed by atoms with Crippen LogP contribution in [0.4, 0.5) is 0 Å². The van der Waals surface area contributed by atoms with Crippen molar-refractivity contribution in [2.75, 3.05) is 39.8 Å². The summed E-state index contributed by atoms with van der Waals surface area (Å²) in [6.45, 7) is 3.84. The molecule has 0 bridgehead atoms. The van der Waals surface area contributed by atoms with Gasteiger partial charge in [0.25, 0.3) is 5.91 Å². The summed E-state index contributed by atoms with van der Waals surface area (Å²) in [5.74, 6) is 1.35. The predicted molar refractivity (Wildman–Crippen MR) is 125 cm³/mol. The first-order chi connectivity index (χ1) is 15.6. The molecule has 0 spiro atoms. The highest BCUT2D eigenvalue weighted by molar-refractivity contribution is 5.97. The van der Waals surface area contributed by atoms with E-state index in [1.165, 1.54) is 12.0 Å². The number of nitrogens with zero attached hydrogens (tertiary/aromatic N) is 3. The van der Waals surface area contributed by atoms with E-state index in [1.54, 1.807) is 4.90 Å². The maximum atomic E-state index is 12.6. The number of likely N-dealkylation sites (tertiary alicyclic amines) is 1. The van der Waals surface area contributed by atoms with Crippen LogP contribution in [0, 0.1) is 5.92 Å². The smallest absolute Gasteiger partial charge is 0.254 e. The Hall–Kier alpha value is -3.35. The van der Waals surface area contributed by atoms with Crippen molar-refractivity contribution >= 4 is 17.8 Å². The Balaban J connectivity index is 1.28. The van der Waals surface area contributed by atoms with Gasteiger partial charge in [-0.15, -0.1) is 0 Å². The van der Waals surface area contributed by atoms with E-state index in [9.17, 15) is 9.59 Å². The number of hydrogen-bond donors (Lipinski definition) is 2. The minimum absolute atomic E-state index is 0.100. The van der Waals surface area contributed by atoms with Gasteiger partial charge >= 0.3 is 0 Å². The van der Waals surface area contributed by atoms with Gasteiger partial charge < -0.3 is 20.4 Å². The molecule has 0 aliphatic carbocycles. The second kappa shape index (κ2) is 10.3. The summed E-state index contributed by atoms with van der Waals surface area (Å²) < 4.78 is 0. The van der Waals surface area contributed by atoms with E-state index in [0.29, 0.717) is 31.1 Å². The van der Waals surface area contributed by atoms with Crippen LogP contribution in [0.2, 0.25) is 0 Å². The molecule has 2 aliphatic heterocycles. The molecule has 1 atom stereocenters. The number of carbonyl (C=O) groups excluding carboxylic acids is 2. The zero-order valence-electron chi connectivity index (χ0n) is 18.6. The zero-order valence-corrected chi connectivity index (χ0v) is 18.6. The standard InChI is InChI=1S/C25H31N5O2/c1-26-25(30-13-11-21(17-30)15-19-5-3-2-4-6-19)28-16-20-7-9-22(10-8-20)24(32)29-14-12-27-23(31)18-29/h2-10,21H,11-18H2,1H3,(H,26,28)(H,27,31). The topological polar surface area (TPSA) is 77.0 Å². The van der Waals surface area contributed by atoms with Crippen LogP contribution in [0.3, 0.4) is 0 Å². The molecule has 7 heteroatoms. The molecular formula is C25H31N5O2. The first-order valence-electron chi connectivity index (χ1n) is 11.3. The molecule has 2 saturated heterocycles. The van der Waals surface area contributed by atoms with E-state index in [2.05, 4.69) is 50.9 Å². The molecule has 2 N–H and O–H groups in total. The zero-order chi connectivity index (χ0) is 22.3. The molecule has 2 aromatic carbocycles. The van der Waals surface area contributed by atoms with Gasteiger partial charge in [0.05, 0.1) is 6.54 Å². The SMILES string of the molecule is CN=C(NCc1ccc(C(=O)N2CCNC(=O)C2)cc1)N1CCC(Cc2ccccc2)C1. The van der Waals surface area contributed by atoms with E-state index in [-0.39, 0.29) is 18.4 Å². The van der Waals surface area contributed by atoms with E-state index in [0.717, 1.165) is 31.0 Å². The summed E-state index contributed by atoms with van der Waals surface area (Å²) in [6, 6.07) is 18.2. The fraction of sp³-hybridized carbons (Fsp3) is 0.400. The summed E-state index contributed by atoms with van der Waals surface area (Å²) in [7, 11) is 1.82. The number of benzene rings is 2. The quantitative estimate of drug-likeness (QED) is 0.558. The van der Waals surface area contributed by atoms with Gasteiger partial charge in [0, 0.05) is 45.3 Å². The highest BCUT2D eigenvalue weighted by Gasteiger charge is 2.25. The first kappa shape index (κ1) is 21.9. The van der Waals surface area contributed by atoms with Gasteiger partial charge in [0.1, 0.15) is 0 Å². The van der Waals surface area contributed by atoms with Crippen LogP contribution >= 0.6 is 0 Å². The van der Waals surface area contributed by atoms with Crippen molar-refractivity contribution < 1.29 is 9.59 Å². The molecular weight excluding hydrogens is 402 g/mol. The predicted octanol–water partition coefficient (Wildman–Crippen LogP) is 1.90. The second-order valence-corrected chi connectivity index (χ2v) is 8.46. The molecule has 7 nitrogen and oxygen atoms in total. The molecule has 1 unspecified atom stereocenters. The van der Waals surface area contributed by atoms with Crippen molar-refractivity contribution in [2.45, 2.75) is 19.4 Å². The van der Waals surface area contributed by atoms with Crippen molar-refractivity contribution in [3.63, 3.8) is 0 Å². The lowest BCUT2D eigenvalue weighted by atomic mass is 9.99. The lowest BCUT2D eigenvalue weighted by Gasteiger charge is -2.26. The van der Waals surface area contributed by atoms with Crippen LogP contribution in [0.1, 0.15) is 27.9 Å². The number of carbonyl (C=O) groups is 2. The molecule has 168 valence electrons. The molecule has 0 saturated carbocycles. The summed E-state index contributed by atoms with van der Waals surface area (Å²) >= 11 is 0. The fourth-order valence-electron chi connectivity index (χ4n) is 4.41. The second-order valence-electron chi connectivity index (χ2n) is 8.46. The minimum atomic E-state index is -0.107. The summed E-state index contributed by atoms with van der Waals surface area (Å²) in [5, 5.41) is 6.20. The van der Waals surface area contributed by atoms with Gasteiger partial charge in [-0.2, -0.15) is 0 Å². The van der Waals surface area contributed by atoms with E-state index < -0.39 is 0 Å². The van der Waals surface area contributed by atoms with Crippen LogP contribution in [0.15, 0.2) is 59.6 Å². The average molecular weight is 434 g/mol. The Labute approximate surface area is 189 Å². The van der Waals surface area contributed by atoms with Gasteiger partial charge in [-0.05, 0) is 42.0 Å². The Morgan fingerprint density at radius 1 is 1.06 bits per heavy atom. The van der Waals surface area contributed by atoms with Crippen LogP contribution in [0.5, 0.6) is 0 Å². The first-order valence-corrected chi connectivity index (χ1v) is 11.3. The van der Waals surface area contributed by atoms with Crippen LogP contribution < -0.4 is 10.6 Å². The lowest BCUT2D eigenvalue weighted by Crippen LogP contribution is -2.49. The van der Waals surface area contributed by atoms with Gasteiger partial charge in [-0.25, -0.2) is 0 Å². The Morgan fingerprint density at radius 2 is 1.84 bits per heavy atom.